The molecule has 0 bridgehead atoms. The zero-order valence-corrected chi connectivity index (χ0v) is 24.3. The number of benzene rings is 3. The first kappa shape index (κ1) is 29.3. The maximum Gasteiger partial charge on any atom is 0.408 e. The number of nitrogens with zero attached hydrogens (tertiary/aromatic N) is 3. The number of carbonyl (C=O) groups excluding carboxylic acids is 2. The normalized spacial score (nSPS) is 12.0. The first-order valence-corrected chi connectivity index (χ1v) is 13.5. The molecule has 1 aromatic heterocycles. The van der Waals surface area contributed by atoms with Gasteiger partial charge in [-0.2, -0.15) is 0 Å². The number of para-hydroxylation sites is 1. The maximum absolute atomic E-state index is 14.3. The topological polar surface area (TPSA) is 103 Å². The molecule has 0 radical (unpaired) electrons. The summed E-state index contributed by atoms with van der Waals surface area (Å²) in [5.41, 5.74) is 2.38. The molecule has 4 aromatic rings. The Morgan fingerprint density at radius 2 is 1.68 bits per heavy atom. The smallest absolute Gasteiger partial charge is 0.408 e. The van der Waals surface area contributed by atoms with Gasteiger partial charge >= 0.3 is 12.1 Å². The molecule has 0 unspecified atom stereocenters. The number of hydrogen-bond acceptors (Lipinski definition) is 7. The Morgan fingerprint density at radius 3 is 2.29 bits per heavy atom. The Balaban J connectivity index is 1.80. The molecule has 3 aromatic carbocycles. The van der Waals surface area contributed by atoms with Crippen LogP contribution in [0.2, 0.25) is 0 Å². The predicted molar refractivity (Wildman–Crippen MR) is 160 cm³/mol. The van der Waals surface area contributed by atoms with Gasteiger partial charge in [-0.3, -0.25) is 9.36 Å². The van der Waals surface area contributed by atoms with Crippen LogP contribution >= 0.6 is 0 Å². The zero-order chi connectivity index (χ0) is 29.7. The van der Waals surface area contributed by atoms with E-state index < -0.39 is 23.7 Å². The molecule has 0 fully saturated rings. The molecule has 0 saturated heterocycles. The first-order valence-electron chi connectivity index (χ1n) is 13.5. The van der Waals surface area contributed by atoms with Crippen molar-refractivity contribution in [2.24, 2.45) is 0 Å². The molecule has 0 aliphatic rings. The molecule has 41 heavy (non-hydrogen) atoms. The SMILES string of the molecule is CC[C@H](NC(=O)OC(C)(C)C)c1nc2cccc(N(C)Cc3ccc(C(=O)OC)cc3)c2c(=O)n1-c1ccccc1. The predicted octanol–water partition coefficient (Wildman–Crippen LogP) is 5.78. The third-order valence-corrected chi connectivity index (χ3v) is 6.53. The van der Waals surface area contributed by atoms with E-state index in [1.165, 1.54) is 7.11 Å². The van der Waals surface area contributed by atoms with Gasteiger partial charge in [0.1, 0.15) is 11.4 Å². The van der Waals surface area contributed by atoms with E-state index >= 15 is 0 Å². The molecule has 0 aliphatic heterocycles. The number of alkyl carbamates (subject to hydrolysis) is 1. The van der Waals surface area contributed by atoms with Gasteiger partial charge in [0.05, 0.1) is 41.0 Å². The minimum Gasteiger partial charge on any atom is -0.465 e. The average molecular weight is 557 g/mol. The van der Waals surface area contributed by atoms with E-state index in [0.717, 1.165) is 5.56 Å². The summed E-state index contributed by atoms with van der Waals surface area (Å²) in [7, 11) is 3.25. The number of hydrogen-bond donors (Lipinski definition) is 1. The van der Waals surface area contributed by atoms with Gasteiger partial charge in [0, 0.05) is 13.6 Å². The third kappa shape index (κ3) is 6.74. The van der Waals surface area contributed by atoms with Crippen LogP contribution in [0.25, 0.3) is 16.6 Å². The summed E-state index contributed by atoms with van der Waals surface area (Å²) in [4.78, 5) is 45.8. The van der Waals surface area contributed by atoms with Gasteiger partial charge < -0.3 is 19.7 Å². The highest BCUT2D eigenvalue weighted by Crippen LogP contribution is 2.27. The Morgan fingerprint density at radius 1 is 1.00 bits per heavy atom. The van der Waals surface area contributed by atoms with Crippen LogP contribution in [0.15, 0.2) is 77.6 Å². The molecule has 1 N–H and O–H groups in total. The number of amides is 1. The fourth-order valence-electron chi connectivity index (χ4n) is 4.63. The largest absolute Gasteiger partial charge is 0.465 e. The minimum atomic E-state index is -0.669. The number of carbonyl (C=O) groups is 2. The maximum atomic E-state index is 14.3. The molecule has 1 amide bonds. The van der Waals surface area contributed by atoms with E-state index in [2.05, 4.69) is 5.32 Å². The van der Waals surface area contributed by atoms with E-state index in [4.69, 9.17) is 14.5 Å². The van der Waals surface area contributed by atoms with E-state index in [9.17, 15) is 14.4 Å². The number of rotatable bonds is 8. The van der Waals surface area contributed by atoms with Crippen molar-refractivity contribution < 1.29 is 19.1 Å². The molecule has 1 heterocycles. The number of aromatic nitrogens is 2. The number of esters is 1. The molecule has 9 nitrogen and oxygen atoms in total. The molecular formula is C32H36N4O5. The monoisotopic (exact) mass is 556 g/mol. The molecule has 0 spiro atoms. The van der Waals surface area contributed by atoms with Gasteiger partial charge in [-0.05, 0) is 69.2 Å². The van der Waals surface area contributed by atoms with Gasteiger partial charge in [-0.1, -0.05) is 43.3 Å². The van der Waals surface area contributed by atoms with Gasteiger partial charge in [-0.15, -0.1) is 0 Å². The van der Waals surface area contributed by atoms with Crippen molar-refractivity contribution in [2.45, 2.75) is 52.3 Å². The number of nitrogens with one attached hydrogen (secondary N) is 1. The lowest BCUT2D eigenvalue weighted by Gasteiger charge is -2.26. The minimum absolute atomic E-state index is 0.246. The van der Waals surface area contributed by atoms with Crippen molar-refractivity contribution >= 4 is 28.7 Å². The van der Waals surface area contributed by atoms with Crippen molar-refractivity contribution in [2.75, 3.05) is 19.1 Å². The summed E-state index contributed by atoms with van der Waals surface area (Å²) in [6.07, 6.45) is -0.0874. The lowest BCUT2D eigenvalue weighted by atomic mass is 10.1. The lowest BCUT2D eigenvalue weighted by Crippen LogP contribution is -2.38. The van der Waals surface area contributed by atoms with Gasteiger partial charge in [-0.25, -0.2) is 14.6 Å². The second kappa shape index (κ2) is 12.2. The summed E-state index contributed by atoms with van der Waals surface area (Å²) in [5, 5.41) is 3.36. The molecule has 4 rings (SSSR count). The lowest BCUT2D eigenvalue weighted by molar-refractivity contribution is 0.0498. The van der Waals surface area contributed by atoms with Crippen LogP contribution in [0.5, 0.6) is 0 Å². The zero-order valence-electron chi connectivity index (χ0n) is 24.3. The fourth-order valence-corrected chi connectivity index (χ4v) is 4.63. The van der Waals surface area contributed by atoms with E-state index in [1.54, 1.807) is 43.5 Å². The Bertz CT molecular complexity index is 1590. The number of ether oxygens (including phenoxy) is 2. The van der Waals surface area contributed by atoms with Crippen molar-refractivity contribution in [3.05, 3.63) is 100 Å². The molecule has 214 valence electrons. The standard InChI is InChI=1S/C32H36N4O5/c1-7-24(34-31(39)41-32(2,3)4)28-33-25-14-11-15-26(27(25)29(37)36(28)23-12-9-8-10-13-23)35(5)20-21-16-18-22(19-17-21)30(38)40-6/h8-19,24H,7,20H2,1-6H3,(H,34,39)/t24-/m0/s1. The molecular weight excluding hydrogens is 520 g/mol. The Hall–Kier alpha value is -4.66. The van der Waals surface area contributed by atoms with E-state index in [-0.39, 0.29) is 5.56 Å². The summed E-state index contributed by atoms with van der Waals surface area (Å²) in [5.74, 6) is 0.0223. The highest BCUT2D eigenvalue weighted by molar-refractivity contribution is 5.91. The first-order chi connectivity index (χ1) is 19.5. The van der Waals surface area contributed by atoms with Gasteiger partial charge in [0.25, 0.3) is 5.56 Å². The number of anilines is 1. The van der Waals surface area contributed by atoms with Crippen LogP contribution < -0.4 is 15.8 Å². The van der Waals surface area contributed by atoms with Crippen LogP contribution in [0.4, 0.5) is 10.5 Å². The van der Waals surface area contributed by atoms with Gasteiger partial charge in [0.2, 0.25) is 0 Å². The van der Waals surface area contributed by atoms with Crippen LogP contribution in [-0.2, 0) is 16.0 Å². The Kier molecular flexibility index (Phi) is 8.76. The van der Waals surface area contributed by atoms with E-state index in [0.29, 0.717) is 46.6 Å². The molecule has 9 heteroatoms. The van der Waals surface area contributed by atoms with Crippen molar-refractivity contribution in [3.8, 4) is 5.69 Å². The van der Waals surface area contributed by atoms with Crippen molar-refractivity contribution in [1.29, 1.82) is 0 Å². The van der Waals surface area contributed by atoms with Crippen LogP contribution in [0.1, 0.15) is 61.9 Å². The number of methoxy groups -OCH3 is 1. The summed E-state index contributed by atoms with van der Waals surface area (Å²) >= 11 is 0. The van der Waals surface area contributed by atoms with Crippen molar-refractivity contribution in [3.63, 3.8) is 0 Å². The molecule has 0 saturated carbocycles. The quantitative estimate of drug-likeness (QED) is 0.274. The summed E-state index contributed by atoms with van der Waals surface area (Å²) < 4.78 is 11.8. The van der Waals surface area contributed by atoms with Gasteiger partial charge in [0.15, 0.2) is 0 Å². The van der Waals surface area contributed by atoms with Crippen LogP contribution in [0, 0.1) is 0 Å². The third-order valence-electron chi connectivity index (χ3n) is 6.53. The molecule has 1 atom stereocenters. The average Bonchev–Trinajstić information content (AvgIpc) is 2.95. The Labute approximate surface area is 239 Å². The summed E-state index contributed by atoms with van der Waals surface area (Å²) in [6, 6.07) is 21.4. The second-order valence-electron chi connectivity index (χ2n) is 10.8. The highest BCUT2D eigenvalue weighted by Gasteiger charge is 2.25. The van der Waals surface area contributed by atoms with E-state index in [1.807, 2.05) is 73.5 Å². The highest BCUT2D eigenvalue weighted by atomic mass is 16.6. The second-order valence-corrected chi connectivity index (χ2v) is 10.8. The van der Waals surface area contributed by atoms with Crippen molar-refractivity contribution in [1.82, 2.24) is 14.9 Å². The summed E-state index contributed by atoms with van der Waals surface area (Å²) in [6.45, 7) is 7.81. The molecule has 0 aliphatic carbocycles. The number of fused-ring (bicyclic) bond motifs is 1. The fraction of sp³-hybridized carbons (Fsp3) is 0.312. The van der Waals surface area contributed by atoms with Crippen LogP contribution in [0.3, 0.4) is 0 Å². The van der Waals surface area contributed by atoms with Crippen LogP contribution in [-0.4, -0.2) is 41.4 Å².